The van der Waals surface area contributed by atoms with Gasteiger partial charge in [-0.1, -0.05) is 36.4 Å². The fraction of sp³-hybridized carbons (Fsp3) is 0.458. The van der Waals surface area contributed by atoms with Crippen LogP contribution in [0.25, 0.3) is 11.1 Å². The van der Waals surface area contributed by atoms with E-state index in [9.17, 15) is 4.79 Å². The van der Waals surface area contributed by atoms with E-state index in [0.717, 1.165) is 26.2 Å². The van der Waals surface area contributed by atoms with Crippen LogP contribution in [0.5, 0.6) is 0 Å². The summed E-state index contributed by atoms with van der Waals surface area (Å²) in [6.07, 6.45) is -0.208. The van der Waals surface area contributed by atoms with Crippen molar-refractivity contribution in [3.05, 3.63) is 59.7 Å². The van der Waals surface area contributed by atoms with Gasteiger partial charge in [0.25, 0.3) is 0 Å². The molecule has 29 heavy (non-hydrogen) atoms. The molecule has 2 aromatic rings. The van der Waals surface area contributed by atoms with Crippen LogP contribution in [-0.2, 0) is 17.8 Å². The third kappa shape index (κ3) is 6.31. The van der Waals surface area contributed by atoms with Gasteiger partial charge in [0.1, 0.15) is 5.60 Å². The number of nitrogens with zero attached hydrogens (tertiary/aromatic N) is 2. The summed E-state index contributed by atoms with van der Waals surface area (Å²) in [7, 11) is 1.97. The van der Waals surface area contributed by atoms with Gasteiger partial charge in [0.05, 0.1) is 0 Å². The number of rotatable bonds is 5. The van der Waals surface area contributed by atoms with Crippen LogP contribution in [0.3, 0.4) is 0 Å². The molecule has 0 bridgehead atoms. The van der Waals surface area contributed by atoms with Crippen LogP contribution in [0, 0.1) is 0 Å². The predicted molar refractivity (Wildman–Crippen MR) is 118 cm³/mol. The van der Waals surface area contributed by atoms with Gasteiger partial charge in [-0.2, -0.15) is 0 Å². The molecule has 1 amide bonds. The first kappa shape index (κ1) is 21.3. The van der Waals surface area contributed by atoms with Crippen molar-refractivity contribution in [2.45, 2.75) is 39.5 Å². The predicted octanol–water partition coefficient (Wildman–Crippen LogP) is 4.13. The van der Waals surface area contributed by atoms with Crippen molar-refractivity contribution >= 4 is 6.09 Å². The van der Waals surface area contributed by atoms with Gasteiger partial charge in [-0.05, 0) is 62.2 Å². The summed E-state index contributed by atoms with van der Waals surface area (Å²) in [6, 6.07) is 17.4. The van der Waals surface area contributed by atoms with E-state index in [4.69, 9.17) is 4.74 Å². The van der Waals surface area contributed by atoms with E-state index in [0.29, 0.717) is 13.1 Å². The Morgan fingerprint density at radius 2 is 1.55 bits per heavy atom. The van der Waals surface area contributed by atoms with E-state index in [2.05, 4.69) is 58.7 Å². The molecule has 0 spiro atoms. The zero-order valence-corrected chi connectivity index (χ0v) is 18.1. The fourth-order valence-electron chi connectivity index (χ4n) is 3.59. The summed E-state index contributed by atoms with van der Waals surface area (Å²) >= 11 is 0. The lowest BCUT2D eigenvalue weighted by Gasteiger charge is -2.35. The minimum absolute atomic E-state index is 0.208. The van der Waals surface area contributed by atoms with Crippen LogP contribution in [0.1, 0.15) is 31.9 Å². The minimum atomic E-state index is -0.445. The van der Waals surface area contributed by atoms with Crippen LogP contribution in [-0.4, -0.2) is 54.7 Å². The summed E-state index contributed by atoms with van der Waals surface area (Å²) in [5.41, 5.74) is 4.63. The molecule has 0 aromatic heterocycles. The highest BCUT2D eigenvalue weighted by atomic mass is 16.6. The van der Waals surface area contributed by atoms with E-state index < -0.39 is 5.60 Å². The molecule has 0 atom stereocenters. The smallest absolute Gasteiger partial charge is 0.410 e. The van der Waals surface area contributed by atoms with Crippen LogP contribution < -0.4 is 5.32 Å². The second kappa shape index (κ2) is 9.42. The first-order valence-corrected chi connectivity index (χ1v) is 10.4. The Morgan fingerprint density at radius 1 is 0.966 bits per heavy atom. The van der Waals surface area contributed by atoms with Gasteiger partial charge < -0.3 is 15.0 Å². The summed E-state index contributed by atoms with van der Waals surface area (Å²) < 4.78 is 5.49. The number of nitrogens with one attached hydrogen (secondary N) is 1. The number of amides is 1. The molecule has 0 aliphatic carbocycles. The van der Waals surface area contributed by atoms with Gasteiger partial charge in [-0.15, -0.1) is 0 Å². The van der Waals surface area contributed by atoms with Gasteiger partial charge in [0, 0.05) is 39.3 Å². The maximum Gasteiger partial charge on any atom is 0.410 e. The molecule has 1 heterocycles. The van der Waals surface area contributed by atoms with Crippen LogP contribution >= 0.6 is 0 Å². The molecule has 1 saturated heterocycles. The number of hydrogen-bond donors (Lipinski definition) is 1. The number of carbonyl (C=O) groups is 1. The normalized spacial score (nSPS) is 15.4. The number of hydrogen-bond acceptors (Lipinski definition) is 4. The van der Waals surface area contributed by atoms with Crippen molar-refractivity contribution in [3.8, 4) is 11.1 Å². The molecule has 1 N–H and O–H groups in total. The van der Waals surface area contributed by atoms with E-state index in [1.54, 1.807) is 0 Å². The number of piperazine rings is 1. The van der Waals surface area contributed by atoms with Crippen molar-refractivity contribution in [2.24, 2.45) is 0 Å². The molecular weight excluding hydrogens is 362 g/mol. The molecule has 0 unspecified atom stereocenters. The van der Waals surface area contributed by atoms with Gasteiger partial charge in [0.15, 0.2) is 0 Å². The second-order valence-corrected chi connectivity index (χ2v) is 8.67. The highest BCUT2D eigenvalue weighted by molar-refractivity contribution is 5.68. The molecule has 0 saturated carbocycles. The molecule has 2 aromatic carbocycles. The number of ether oxygens (including phenoxy) is 1. The first-order valence-electron chi connectivity index (χ1n) is 10.4. The molecule has 5 nitrogen and oxygen atoms in total. The monoisotopic (exact) mass is 395 g/mol. The van der Waals surface area contributed by atoms with Crippen molar-refractivity contribution in [1.82, 2.24) is 15.1 Å². The Kier molecular flexibility index (Phi) is 6.93. The highest BCUT2D eigenvalue weighted by Gasteiger charge is 2.25. The van der Waals surface area contributed by atoms with E-state index in [-0.39, 0.29) is 6.09 Å². The molecule has 3 rings (SSSR count). The maximum absolute atomic E-state index is 12.2. The summed E-state index contributed by atoms with van der Waals surface area (Å²) in [5, 5.41) is 3.21. The zero-order chi connectivity index (χ0) is 20.9. The lowest BCUT2D eigenvalue weighted by molar-refractivity contribution is 0.0139. The second-order valence-electron chi connectivity index (χ2n) is 8.67. The van der Waals surface area contributed by atoms with E-state index in [1.165, 1.54) is 22.3 Å². The average molecular weight is 396 g/mol. The Morgan fingerprint density at radius 3 is 2.14 bits per heavy atom. The molecule has 0 radical (unpaired) electrons. The minimum Gasteiger partial charge on any atom is -0.444 e. The quantitative estimate of drug-likeness (QED) is 0.827. The standard InChI is InChI=1S/C24H33N3O2/c1-24(2,3)29-23(28)27-13-11-26(12-14-27)18-20-8-6-10-22(16-20)21-9-5-7-19(15-21)17-25-4/h5-10,15-16,25H,11-14,17-18H2,1-4H3. The van der Waals surface area contributed by atoms with E-state index >= 15 is 0 Å². The third-order valence-corrected chi connectivity index (χ3v) is 5.00. The van der Waals surface area contributed by atoms with Crippen molar-refractivity contribution in [2.75, 3.05) is 33.2 Å². The number of carbonyl (C=O) groups excluding carboxylic acids is 1. The first-order chi connectivity index (χ1) is 13.8. The molecule has 1 aliphatic rings. The van der Waals surface area contributed by atoms with Crippen molar-refractivity contribution in [3.63, 3.8) is 0 Å². The Bertz CT molecular complexity index is 821. The molecular formula is C24H33N3O2. The lowest BCUT2D eigenvalue weighted by atomic mass is 10.0. The van der Waals surface area contributed by atoms with Crippen LogP contribution in [0.4, 0.5) is 4.79 Å². The summed E-state index contributed by atoms with van der Waals surface area (Å²) in [5.74, 6) is 0. The maximum atomic E-state index is 12.2. The van der Waals surface area contributed by atoms with Gasteiger partial charge in [-0.25, -0.2) is 4.79 Å². The molecule has 1 aliphatic heterocycles. The largest absolute Gasteiger partial charge is 0.444 e. The van der Waals surface area contributed by atoms with Crippen LogP contribution in [0.15, 0.2) is 48.5 Å². The average Bonchev–Trinajstić information content (AvgIpc) is 2.68. The number of benzene rings is 2. The van der Waals surface area contributed by atoms with Gasteiger partial charge >= 0.3 is 6.09 Å². The zero-order valence-electron chi connectivity index (χ0n) is 18.1. The fourth-order valence-corrected chi connectivity index (χ4v) is 3.59. The molecule has 1 fully saturated rings. The third-order valence-electron chi connectivity index (χ3n) is 5.00. The van der Waals surface area contributed by atoms with Crippen molar-refractivity contribution in [1.29, 1.82) is 0 Å². The summed E-state index contributed by atoms with van der Waals surface area (Å²) in [6.45, 7) is 10.6. The Balaban J connectivity index is 1.59. The molecule has 5 heteroatoms. The SMILES string of the molecule is CNCc1cccc(-c2cccc(CN3CCN(C(=O)OC(C)(C)C)CC3)c2)c1. The topological polar surface area (TPSA) is 44.8 Å². The Labute approximate surface area is 174 Å². The van der Waals surface area contributed by atoms with Crippen molar-refractivity contribution < 1.29 is 9.53 Å². The van der Waals surface area contributed by atoms with E-state index in [1.807, 2.05) is 32.7 Å². The van der Waals surface area contributed by atoms with Gasteiger partial charge in [0.2, 0.25) is 0 Å². The van der Waals surface area contributed by atoms with Gasteiger partial charge in [-0.3, -0.25) is 4.90 Å². The summed E-state index contributed by atoms with van der Waals surface area (Å²) in [4.78, 5) is 16.4. The Hall–Kier alpha value is -2.37. The molecule has 156 valence electrons. The lowest BCUT2D eigenvalue weighted by Crippen LogP contribution is -2.49. The highest BCUT2D eigenvalue weighted by Crippen LogP contribution is 2.23. The van der Waals surface area contributed by atoms with Crippen LogP contribution in [0.2, 0.25) is 0 Å².